The summed E-state index contributed by atoms with van der Waals surface area (Å²) in [6, 6.07) is 0.0471. The van der Waals surface area contributed by atoms with Gasteiger partial charge >= 0.3 is 0 Å². The van der Waals surface area contributed by atoms with E-state index in [2.05, 4.69) is 10.2 Å². The second-order valence-corrected chi connectivity index (χ2v) is 5.65. The largest absolute Gasteiger partial charge is 0.379 e. The van der Waals surface area contributed by atoms with Crippen LogP contribution in [0.1, 0.15) is 32.1 Å². The average molecular weight is 269 g/mol. The van der Waals surface area contributed by atoms with Gasteiger partial charge in [-0.05, 0) is 12.8 Å². The maximum atomic E-state index is 12.2. The lowest BCUT2D eigenvalue weighted by molar-refractivity contribution is -0.125. The molecule has 1 saturated carbocycles. The van der Waals surface area contributed by atoms with Crippen LogP contribution in [0.15, 0.2) is 0 Å². The van der Waals surface area contributed by atoms with Crippen molar-refractivity contribution in [1.29, 1.82) is 0 Å². The number of morpholine rings is 1. The minimum absolute atomic E-state index is 0.0205. The lowest BCUT2D eigenvalue weighted by Gasteiger charge is -2.27. The standard InChI is InChI=1S/C14H27N3O2/c15-13-5-3-1-2-4-12(13)14(18)16-6-7-17-8-10-19-11-9-17/h12-13H,1-11,15H2,(H,16,18). The maximum Gasteiger partial charge on any atom is 0.224 e. The molecule has 1 heterocycles. The van der Waals surface area contributed by atoms with Crippen LogP contribution >= 0.6 is 0 Å². The van der Waals surface area contributed by atoms with Crippen LogP contribution in [0.2, 0.25) is 0 Å². The number of carbonyl (C=O) groups is 1. The van der Waals surface area contributed by atoms with Crippen molar-refractivity contribution >= 4 is 5.91 Å². The van der Waals surface area contributed by atoms with Gasteiger partial charge in [0, 0.05) is 32.2 Å². The highest BCUT2D eigenvalue weighted by Gasteiger charge is 2.26. The molecule has 1 saturated heterocycles. The van der Waals surface area contributed by atoms with E-state index < -0.39 is 0 Å². The molecular formula is C14H27N3O2. The van der Waals surface area contributed by atoms with E-state index in [1.165, 1.54) is 12.8 Å². The van der Waals surface area contributed by atoms with Crippen LogP contribution in [0.5, 0.6) is 0 Å². The number of hydrogen-bond donors (Lipinski definition) is 2. The molecule has 0 aromatic rings. The smallest absolute Gasteiger partial charge is 0.224 e. The number of nitrogens with one attached hydrogen (secondary N) is 1. The molecule has 1 aliphatic carbocycles. The quantitative estimate of drug-likeness (QED) is 0.722. The third kappa shape index (κ3) is 4.75. The summed E-state index contributed by atoms with van der Waals surface area (Å²) >= 11 is 0. The first kappa shape index (κ1) is 14.8. The van der Waals surface area contributed by atoms with E-state index in [0.717, 1.165) is 58.7 Å². The Morgan fingerprint density at radius 1 is 1.21 bits per heavy atom. The van der Waals surface area contributed by atoms with Gasteiger partial charge in [-0.15, -0.1) is 0 Å². The second kappa shape index (κ2) is 7.82. The lowest BCUT2D eigenvalue weighted by Crippen LogP contribution is -2.45. The molecule has 110 valence electrons. The average Bonchev–Trinajstić information content (AvgIpc) is 2.64. The minimum Gasteiger partial charge on any atom is -0.379 e. The van der Waals surface area contributed by atoms with Crippen LogP contribution in [-0.4, -0.2) is 56.2 Å². The van der Waals surface area contributed by atoms with Crippen molar-refractivity contribution in [3.63, 3.8) is 0 Å². The Morgan fingerprint density at radius 3 is 2.74 bits per heavy atom. The third-order valence-electron chi connectivity index (χ3n) is 4.24. The minimum atomic E-state index is 0.0205. The van der Waals surface area contributed by atoms with Crippen LogP contribution in [-0.2, 0) is 9.53 Å². The van der Waals surface area contributed by atoms with Crippen molar-refractivity contribution in [2.75, 3.05) is 39.4 Å². The Labute approximate surface area is 115 Å². The van der Waals surface area contributed by atoms with E-state index in [0.29, 0.717) is 0 Å². The molecule has 3 N–H and O–H groups in total. The topological polar surface area (TPSA) is 67.6 Å². The number of nitrogens with two attached hydrogens (primary N) is 1. The fourth-order valence-electron chi connectivity index (χ4n) is 2.95. The molecule has 2 aliphatic rings. The van der Waals surface area contributed by atoms with E-state index in [9.17, 15) is 4.79 Å². The van der Waals surface area contributed by atoms with Gasteiger partial charge in [0.05, 0.1) is 19.1 Å². The number of hydrogen-bond acceptors (Lipinski definition) is 4. The molecule has 0 aromatic heterocycles. The molecule has 2 rings (SSSR count). The molecule has 2 unspecified atom stereocenters. The van der Waals surface area contributed by atoms with Crippen LogP contribution in [0.25, 0.3) is 0 Å². The number of carbonyl (C=O) groups excluding carboxylic acids is 1. The summed E-state index contributed by atoms with van der Waals surface area (Å²) < 4.78 is 5.30. The van der Waals surface area contributed by atoms with E-state index in [4.69, 9.17) is 10.5 Å². The normalized spacial score (nSPS) is 29.7. The molecule has 5 heteroatoms. The van der Waals surface area contributed by atoms with Gasteiger partial charge in [0.15, 0.2) is 0 Å². The monoisotopic (exact) mass is 269 g/mol. The van der Waals surface area contributed by atoms with E-state index in [1.54, 1.807) is 0 Å². The van der Waals surface area contributed by atoms with Crippen molar-refractivity contribution < 1.29 is 9.53 Å². The highest BCUT2D eigenvalue weighted by Crippen LogP contribution is 2.22. The highest BCUT2D eigenvalue weighted by molar-refractivity contribution is 5.79. The Morgan fingerprint density at radius 2 is 1.95 bits per heavy atom. The summed E-state index contributed by atoms with van der Waals surface area (Å²) in [4.78, 5) is 14.5. The molecule has 19 heavy (non-hydrogen) atoms. The zero-order chi connectivity index (χ0) is 13.5. The zero-order valence-electron chi connectivity index (χ0n) is 11.8. The van der Waals surface area contributed by atoms with Crippen LogP contribution in [0.3, 0.4) is 0 Å². The van der Waals surface area contributed by atoms with Gasteiger partial charge in [-0.25, -0.2) is 0 Å². The number of rotatable bonds is 4. The maximum absolute atomic E-state index is 12.2. The molecule has 1 aliphatic heterocycles. The molecule has 0 bridgehead atoms. The van der Waals surface area contributed by atoms with E-state index >= 15 is 0 Å². The Bertz CT molecular complexity index is 280. The summed E-state index contributed by atoms with van der Waals surface area (Å²) in [6.07, 6.45) is 5.45. The predicted octanol–water partition coefficient (Wildman–Crippen LogP) is 0.342. The summed E-state index contributed by atoms with van der Waals surface area (Å²) in [5, 5.41) is 3.06. The van der Waals surface area contributed by atoms with E-state index in [1.807, 2.05) is 0 Å². The fraction of sp³-hybridized carbons (Fsp3) is 0.929. The first-order valence-corrected chi connectivity index (χ1v) is 7.61. The summed E-state index contributed by atoms with van der Waals surface area (Å²) in [7, 11) is 0. The van der Waals surface area contributed by atoms with Gasteiger partial charge in [-0.1, -0.05) is 19.3 Å². The molecular weight excluding hydrogens is 242 g/mol. The van der Waals surface area contributed by atoms with Crippen LogP contribution in [0.4, 0.5) is 0 Å². The van der Waals surface area contributed by atoms with Crippen LogP contribution in [0, 0.1) is 5.92 Å². The van der Waals surface area contributed by atoms with Crippen molar-refractivity contribution in [2.24, 2.45) is 11.7 Å². The SMILES string of the molecule is NC1CCCCCC1C(=O)NCCN1CCOCC1. The summed E-state index contributed by atoms with van der Waals surface area (Å²) in [6.45, 7) is 5.19. The molecule has 0 radical (unpaired) electrons. The van der Waals surface area contributed by atoms with Gasteiger partial charge in [-0.2, -0.15) is 0 Å². The number of ether oxygens (including phenoxy) is 1. The summed E-state index contributed by atoms with van der Waals surface area (Å²) in [5.41, 5.74) is 6.11. The Hall–Kier alpha value is -0.650. The molecule has 0 spiro atoms. The van der Waals surface area contributed by atoms with Crippen molar-refractivity contribution in [2.45, 2.75) is 38.1 Å². The number of nitrogens with zero attached hydrogens (tertiary/aromatic N) is 1. The van der Waals surface area contributed by atoms with Crippen molar-refractivity contribution in [3.05, 3.63) is 0 Å². The fourth-order valence-corrected chi connectivity index (χ4v) is 2.95. The Balaban J connectivity index is 1.67. The zero-order valence-corrected chi connectivity index (χ0v) is 11.8. The first-order chi connectivity index (χ1) is 9.27. The van der Waals surface area contributed by atoms with Gasteiger partial charge < -0.3 is 15.8 Å². The Kier molecular flexibility index (Phi) is 6.07. The first-order valence-electron chi connectivity index (χ1n) is 7.61. The molecule has 2 atom stereocenters. The molecule has 2 fully saturated rings. The molecule has 0 aromatic carbocycles. The van der Waals surface area contributed by atoms with Crippen LogP contribution < -0.4 is 11.1 Å². The third-order valence-corrected chi connectivity index (χ3v) is 4.24. The van der Waals surface area contributed by atoms with Gasteiger partial charge in [-0.3, -0.25) is 9.69 Å². The number of amides is 1. The lowest BCUT2D eigenvalue weighted by atomic mass is 9.94. The van der Waals surface area contributed by atoms with Gasteiger partial charge in [0.1, 0.15) is 0 Å². The van der Waals surface area contributed by atoms with Crippen molar-refractivity contribution in [3.8, 4) is 0 Å². The second-order valence-electron chi connectivity index (χ2n) is 5.65. The van der Waals surface area contributed by atoms with Gasteiger partial charge in [0.25, 0.3) is 0 Å². The van der Waals surface area contributed by atoms with Crippen molar-refractivity contribution in [1.82, 2.24) is 10.2 Å². The molecule has 1 amide bonds. The molecule has 5 nitrogen and oxygen atoms in total. The van der Waals surface area contributed by atoms with Gasteiger partial charge in [0.2, 0.25) is 5.91 Å². The highest BCUT2D eigenvalue weighted by atomic mass is 16.5. The summed E-state index contributed by atoms with van der Waals surface area (Å²) in [5.74, 6) is 0.176. The van der Waals surface area contributed by atoms with E-state index in [-0.39, 0.29) is 17.9 Å². The predicted molar refractivity (Wildman–Crippen MR) is 74.8 cm³/mol.